The van der Waals surface area contributed by atoms with Crippen molar-refractivity contribution in [1.82, 2.24) is 4.90 Å². The third-order valence-corrected chi connectivity index (χ3v) is 5.52. The van der Waals surface area contributed by atoms with E-state index in [9.17, 15) is 14.7 Å². The van der Waals surface area contributed by atoms with Crippen LogP contribution in [0, 0.1) is 0 Å². The van der Waals surface area contributed by atoms with Crippen LogP contribution in [0.2, 0.25) is 0 Å². The van der Waals surface area contributed by atoms with Crippen molar-refractivity contribution in [3.63, 3.8) is 0 Å². The molecule has 0 saturated heterocycles. The molecule has 1 N–H and O–H groups in total. The van der Waals surface area contributed by atoms with E-state index < -0.39 is 23.5 Å². The van der Waals surface area contributed by atoms with Crippen molar-refractivity contribution in [3.05, 3.63) is 77.3 Å². The number of furan rings is 1. The number of rotatable bonds is 8. The molecule has 0 saturated carbocycles. The van der Waals surface area contributed by atoms with Gasteiger partial charge in [0.25, 0.3) is 5.91 Å². The lowest BCUT2D eigenvalue weighted by Gasteiger charge is -2.26. The number of carbonyl (C=O) groups is 2. The SMILES string of the molecule is CCCCN1C(=O)C(O)=C(C(=O)c2cc3ccccc3o2)C1c1ccc(OC(C)C)cc1. The van der Waals surface area contributed by atoms with Crippen LogP contribution in [-0.2, 0) is 4.79 Å². The van der Waals surface area contributed by atoms with E-state index in [4.69, 9.17) is 9.15 Å². The molecule has 166 valence electrons. The second kappa shape index (κ2) is 8.91. The van der Waals surface area contributed by atoms with Gasteiger partial charge in [-0.2, -0.15) is 0 Å². The van der Waals surface area contributed by atoms with Gasteiger partial charge in [-0.15, -0.1) is 0 Å². The number of para-hydroxylation sites is 1. The summed E-state index contributed by atoms with van der Waals surface area (Å²) in [6, 6.07) is 15.6. The summed E-state index contributed by atoms with van der Waals surface area (Å²) >= 11 is 0. The van der Waals surface area contributed by atoms with Crippen molar-refractivity contribution < 1.29 is 23.8 Å². The normalized spacial score (nSPS) is 16.4. The van der Waals surface area contributed by atoms with E-state index in [0.717, 1.165) is 23.8 Å². The van der Waals surface area contributed by atoms with E-state index in [0.29, 0.717) is 17.9 Å². The Bertz CT molecular complexity index is 1140. The highest BCUT2D eigenvalue weighted by Crippen LogP contribution is 2.40. The molecule has 4 rings (SSSR count). The van der Waals surface area contributed by atoms with E-state index >= 15 is 0 Å². The predicted molar refractivity (Wildman–Crippen MR) is 122 cm³/mol. The standard InChI is InChI=1S/C26H27NO5/c1-4-5-14-27-23(17-10-12-19(13-11-17)31-16(2)3)22(25(29)26(27)30)24(28)21-15-18-8-6-7-9-20(18)32-21/h6-13,15-16,23,29H,4-5,14H2,1-3H3. The number of carbonyl (C=O) groups excluding carboxylic acids is 2. The Hall–Kier alpha value is -3.54. The van der Waals surface area contributed by atoms with E-state index in [2.05, 4.69) is 0 Å². The van der Waals surface area contributed by atoms with Gasteiger partial charge in [0.2, 0.25) is 5.78 Å². The smallest absolute Gasteiger partial charge is 0.290 e. The molecule has 0 bridgehead atoms. The maximum Gasteiger partial charge on any atom is 0.290 e. The Morgan fingerprint density at radius 1 is 1.16 bits per heavy atom. The van der Waals surface area contributed by atoms with Gasteiger partial charge in [-0.3, -0.25) is 9.59 Å². The molecule has 2 heterocycles. The predicted octanol–water partition coefficient (Wildman–Crippen LogP) is 5.60. The number of Topliss-reactive ketones (excluding diaryl/α,β-unsaturated/α-hetero) is 1. The fourth-order valence-electron chi connectivity index (χ4n) is 4.02. The van der Waals surface area contributed by atoms with Crippen LogP contribution in [0.15, 0.2) is 70.3 Å². The Kier molecular flexibility index (Phi) is 6.04. The molecule has 6 heteroatoms. The molecule has 1 aromatic heterocycles. The third-order valence-electron chi connectivity index (χ3n) is 5.52. The van der Waals surface area contributed by atoms with Crippen molar-refractivity contribution >= 4 is 22.7 Å². The molecule has 1 atom stereocenters. The van der Waals surface area contributed by atoms with Crippen LogP contribution >= 0.6 is 0 Å². The van der Waals surface area contributed by atoms with Gasteiger partial charge >= 0.3 is 0 Å². The lowest BCUT2D eigenvalue weighted by Crippen LogP contribution is -2.32. The number of nitrogens with zero attached hydrogens (tertiary/aromatic N) is 1. The summed E-state index contributed by atoms with van der Waals surface area (Å²) in [5.74, 6) is -0.739. The third kappa shape index (κ3) is 4.00. The second-order valence-corrected chi connectivity index (χ2v) is 8.23. The molecule has 0 aliphatic carbocycles. The number of hydrogen-bond donors (Lipinski definition) is 1. The van der Waals surface area contributed by atoms with Crippen LogP contribution in [0.4, 0.5) is 0 Å². The van der Waals surface area contributed by atoms with Crippen LogP contribution in [0.25, 0.3) is 11.0 Å². The van der Waals surface area contributed by atoms with Gasteiger partial charge in [0.1, 0.15) is 11.3 Å². The van der Waals surface area contributed by atoms with Gasteiger partial charge in [0.05, 0.1) is 17.7 Å². The summed E-state index contributed by atoms with van der Waals surface area (Å²) in [5, 5.41) is 11.5. The summed E-state index contributed by atoms with van der Waals surface area (Å²) in [6.45, 7) is 6.36. The molecule has 1 unspecified atom stereocenters. The van der Waals surface area contributed by atoms with Gasteiger partial charge in [-0.25, -0.2) is 0 Å². The quantitative estimate of drug-likeness (QED) is 0.468. The van der Waals surface area contributed by atoms with Crippen molar-refractivity contribution in [2.45, 2.75) is 45.8 Å². The fourth-order valence-corrected chi connectivity index (χ4v) is 4.02. The van der Waals surface area contributed by atoms with E-state index in [1.807, 2.05) is 63.2 Å². The first-order valence-electron chi connectivity index (χ1n) is 10.9. The van der Waals surface area contributed by atoms with E-state index in [-0.39, 0.29) is 17.4 Å². The number of amides is 1. The molecule has 0 fully saturated rings. The van der Waals surface area contributed by atoms with E-state index in [1.54, 1.807) is 17.0 Å². The molecule has 1 amide bonds. The molecular formula is C26H27NO5. The van der Waals surface area contributed by atoms with Crippen molar-refractivity contribution in [1.29, 1.82) is 0 Å². The van der Waals surface area contributed by atoms with Crippen LogP contribution in [0.5, 0.6) is 5.75 Å². The molecule has 0 spiro atoms. The van der Waals surface area contributed by atoms with Crippen molar-refractivity contribution in [3.8, 4) is 5.75 Å². The first kappa shape index (κ1) is 21.7. The second-order valence-electron chi connectivity index (χ2n) is 8.23. The molecule has 32 heavy (non-hydrogen) atoms. The lowest BCUT2D eigenvalue weighted by atomic mass is 9.95. The van der Waals surface area contributed by atoms with Crippen LogP contribution in [-0.4, -0.2) is 34.3 Å². The monoisotopic (exact) mass is 433 g/mol. The van der Waals surface area contributed by atoms with Crippen molar-refractivity contribution in [2.24, 2.45) is 0 Å². The maximum absolute atomic E-state index is 13.5. The first-order valence-corrected chi connectivity index (χ1v) is 10.9. The van der Waals surface area contributed by atoms with Gasteiger partial charge in [0, 0.05) is 11.9 Å². The van der Waals surface area contributed by atoms with Crippen LogP contribution in [0.1, 0.15) is 55.8 Å². The largest absolute Gasteiger partial charge is 0.503 e. The van der Waals surface area contributed by atoms with Gasteiger partial charge in [-0.05, 0) is 50.1 Å². The average Bonchev–Trinajstić information content (AvgIpc) is 3.32. The minimum atomic E-state index is -0.692. The molecule has 0 radical (unpaired) electrons. The Morgan fingerprint density at radius 3 is 2.53 bits per heavy atom. The minimum absolute atomic E-state index is 0.0316. The van der Waals surface area contributed by atoms with Crippen LogP contribution in [0.3, 0.4) is 0 Å². The van der Waals surface area contributed by atoms with Gasteiger partial charge < -0.3 is 19.2 Å². The highest BCUT2D eigenvalue weighted by Gasteiger charge is 2.44. The Morgan fingerprint density at radius 2 is 1.88 bits per heavy atom. The zero-order valence-electron chi connectivity index (χ0n) is 18.5. The summed E-state index contributed by atoms with van der Waals surface area (Å²) in [6.07, 6.45) is 1.67. The summed E-state index contributed by atoms with van der Waals surface area (Å²) in [5.41, 5.74) is 1.35. The molecule has 6 nitrogen and oxygen atoms in total. The minimum Gasteiger partial charge on any atom is -0.503 e. The molecule has 1 aliphatic rings. The molecule has 2 aromatic carbocycles. The number of aliphatic hydroxyl groups excluding tert-OH is 1. The van der Waals surface area contributed by atoms with Crippen LogP contribution < -0.4 is 4.74 Å². The summed E-state index contributed by atoms with van der Waals surface area (Å²) in [4.78, 5) is 28.0. The summed E-state index contributed by atoms with van der Waals surface area (Å²) in [7, 11) is 0. The van der Waals surface area contributed by atoms with Gasteiger partial charge in [0.15, 0.2) is 11.5 Å². The highest BCUT2D eigenvalue weighted by molar-refractivity contribution is 6.16. The maximum atomic E-state index is 13.5. The number of benzene rings is 2. The first-order chi connectivity index (χ1) is 15.4. The zero-order chi connectivity index (χ0) is 22.8. The van der Waals surface area contributed by atoms with E-state index in [1.165, 1.54) is 0 Å². The fraction of sp³-hybridized carbons (Fsp3) is 0.308. The number of fused-ring (bicyclic) bond motifs is 1. The number of hydrogen-bond acceptors (Lipinski definition) is 5. The topological polar surface area (TPSA) is 80.0 Å². The Balaban J connectivity index is 1.75. The Labute approximate surface area is 187 Å². The summed E-state index contributed by atoms with van der Waals surface area (Å²) < 4.78 is 11.5. The number of ether oxygens (including phenoxy) is 1. The number of ketones is 1. The molecular weight excluding hydrogens is 406 g/mol. The highest BCUT2D eigenvalue weighted by atomic mass is 16.5. The average molecular weight is 434 g/mol. The van der Waals surface area contributed by atoms with Gasteiger partial charge in [-0.1, -0.05) is 43.7 Å². The molecule has 1 aliphatic heterocycles. The number of unbranched alkanes of at least 4 members (excludes halogenated alkanes) is 1. The molecule has 3 aromatic rings. The zero-order valence-corrected chi connectivity index (χ0v) is 18.5. The lowest BCUT2D eigenvalue weighted by molar-refractivity contribution is -0.129. The van der Waals surface area contributed by atoms with Crippen molar-refractivity contribution in [2.75, 3.05) is 6.54 Å². The number of aliphatic hydroxyl groups is 1.